The highest BCUT2D eigenvalue weighted by Gasteiger charge is 2.15. The summed E-state index contributed by atoms with van der Waals surface area (Å²) in [5.74, 6) is 0.614. The fraction of sp³-hybridized carbons (Fsp3) is 0.364. The highest BCUT2D eigenvalue weighted by atomic mass is 32.2. The second kappa shape index (κ2) is 10.3. The highest BCUT2D eigenvalue weighted by Crippen LogP contribution is 2.29. The van der Waals surface area contributed by atoms with Crippen molar-refractivity contribution in [3.8, 4) is 11.5 Å². The number of ether oxygens (including phenoxy) is 3. The number of fused-ring (bicyclic) bond motifs is 1. The van der Waals surface area contributed by atoms with Gasteiger partial charge >= 0.3 is 0 Å². The molecule has 0 saturated heterocycles. The zero-order chi connectivity index (χ0) is 23.3. The lowest BCUT2D eigenvalue weighted by atomic mass is 10.2. The van der Waals surface area contributed by atoms with E-state index in [4.69, 9.17) is 14.2 Å². The van der Waals surface area contributed by atoms with Crippen LogP contribution in [0.2, 0.25) is 0 Å². The third-order valence-corrected chi connectivity index (χ3v) is 6.74. The summed E-state index contributed by atoms with van der Waals surface area (Å²) in [6.07, 6.45) is 1.16. The topological polar surface area (TPSA) is 96.2 Å². The average Bonchev–Trinajstić information content (AvgIpc) is 3.09. The molecule has 0 fully saturated rings. The fourth-order valence-corrected chi connectivity index (χ4v) is 4.92. The fourth-order valence-electron chi connectivity index (χ4n) is 3.10. The maximum absolute atomic E-state index is 13.0. The van der Waals surface area contributed by atoms with Gasteiger partial charge in [-0.25, -0.2) is 8.42 Å². The van der Waals surface area contributed by atoms with E-state index in [0.717, 1.165) is 16.5 Å². The Morgan fingerprint density at radius 3 is 2.44 bits per heavy atom. The van der Waals surface area contributed by atoms with Crippen molar-refractivity contribution in [2.24, 2.45) is 4.99 Å². The van der Waals surface area contributed by atoms with Gasteiger partial charge in [0.15, 0.2) is 26.1 Å². The number of amides is 1. The van der Waals surface area contributed by atoms with Crippen molar-refractivity contribution >= 4 is 37.3 Å². The summed E-state index contributed by atoms with van der Waals surface area (Å²) in [7, 11) is -1.76. The molecule has 0 saturated carbocycles. The van der Waals surface area contributed by atoms with Gasteiger partial charge in [0.1, 0.15) is 0 Å². The summed E-state index contributed by atoms with van der Waals surface area (Å²) in [5.41, 5.74) is 1.15. The summed E-state index contributed by atoms with van der Waals surface area (Å²) in [6.45, 7) is 5.53. The molecule has 32 heavy (non-hydrogen) atoms. The number of aromatic nitrogens is 1. The van der Waals surface area contributed by atoms with E-state index >= 15 is 0 Å². The summed E-state index contributed by atoms with van der Waals surface area (Å²) >= 11 is 1.25. The standard InChI is InChI=1S/C22H26N2O6S2/c1-5-29-18-10-7-15(13-19(18)30-6-2)21(25)23-22-24(11-12-28-3)17-9-8-16(32(4,26)27)14-20(17)31-22/h7-10,13-14H,5-6,11-12H2,1-4H3. The van der Waals surface area contributed by atoms with Crippen LogP contribution in [0.5, 0.6) is 11.5 Å². The van der Waals surface area contributed by atoms with Gasteiger partial charge in [0.25, 0.3) is 5.91 Å². The van der Waals surface area contributed by atoms with E-state index in [9.17, 15) is 13.2 Å². The van der Waals surface area contributed by atoms with E-state index in [2.05, 4.69) is 4.99 Å². The molecule has 0 aliphatic heterocycles. The van der Waals surface area contributed by atoms with Crippen molar-refractivity contribution in [2.45, 2.75) is 25.3 Å². The second-order valence-corrected chi connectivity index (χ2v) is 9.90. The molecule has 0 unspecified atom stereocenters. The monoisotopic (exact) mass is 478 g/mol. The van der Waals surface area contributed by atoms with Crippen molar-refractivity contribution in [3.63, 3.8) is 0 Å². The Morgan fingerprint density at radius 1 is 1.06 bits per heavy atom. The predicted molar refractivity (Wildman–Crippen MR) is 123 cm³/mol. The SMILES string of the molecule is CCOc1ccc(C(=O)N=c2sc3cc(S(C)(=O)=O)ccc3n2CCOC)cc1OCC. The smallest absolute Gasteiger partial charge is 0.279 e. The van der Waals surface area contributed by atoms with Crippen molar-refractivity contribution < 1.29 is 27.4 Å². The molecule has 0 aliphatic carbocycles. The number of sulfone groups is 1. The first kappa shape index (κ1) is 24.0. The van der Waals surface area contributed by atoms with Crippen LogP contribution in [0, 0.1) is 0 Å². The Bertz CT molecular complexity index is 1290. The van der Waals surface area contributed by atoms with Crippen LogP contribution in [0.25, 0.3) is 10.2 Å². The van der Waals surface area contributed by atoms with Crippen molar-refractivity contribution in [1.29, 1.82) is 0 Å². The molecule has 0 N–H and O–H groups in total. The molecule has 0 bridgehead atoms. The molecular formula is C22H26N2O6S2. The molecule has 0 spiro atoms. The van der Waals surface area contributed by atoms with E-state index < -0.39 is 15.7 Å². The molecule has 1 amide bonds. The maximum atomic E-state index is 13.0. The highest BCUT2D eigenvalue weighted by molar-refractivity contribution is 7.90. The minimum absolute atomic E-state index is 0.218. The molecule has 1 heterocycles. The first-order chi connectivity index (χ1) is 15.3. The molecule has 3 aromatic rings. The first-order valence-electron chi connectivity index (χ1n) is 10.1. The summed E-state index contributed by atoms with van der Waals surface area (Å²) in [5, 5.41) is 0. The third kappa shape index (κ3) is 5.37. The van der Waals surface area contributed by atoms with E-state index in [1.807, 2.05) is 18.4 Å². The zero-order valence-electron chi connectivity index (χ0n) is 18.5. The lowest BCUT2D eigenvalue weighted by Gasteiger charge is -2.11. The normalized spacial score (nSPS) is 12.3. The molecule has 8 nitrogen and oxygen atoms in total. The van der Waals surface area contributed by atoms with E-state index in [0.29, 0.717) is 48.2 Å². The molecule has 2 aromatic carbocycles. The first-order valence-corrected chi connectivity index (χ1v) is 12.8. The van der Waals surface area contributed by atoms with Gasteiger partial charge in [-0.3, -0.25) is 4.79 Å². The van der Waals surface area contributed by atoms with Gasteiger partial charge in [-0.05, 0) is 50.2 Å². The van der Waals surface area contributed by atoms with Crippen LogP contribution in [-0.2, 0) is 21.1 Å². The predicted octanol–water partition coefficient (Wildman–Crippen LogP) is 3.29. The van der Waals surface area contributed by atoms with Crippen molar-refractivity contribution in [3.05, 3.63) is 46.8 Å². The molecule has 0 aliphatic rings. The van der Waals surface area contributed by atoms with Crippen LogP contribution in [0.3, 0.4) is 0 Å². The molecule has 1 aromatic heterocycles. The van der Waals surface area contributed by atoms with Crippen LogP contribution in [0.15, 0.2) is 46.3 Å². The zero-order valence-corrected chi connectivity index (χ0v) is 20.1. The Morgan fingerprint density at radius 2 is 1.78 bits per heavy atom. The molecule has 10 heteroatoms. The lowest BCUT2D eigenvalue weighted by molar-refractivity contribution is 0.0996. The average molecular weight is 479 g/mol. The van der Waals surface area contributed by atoms with Gasteiger partial charge in [-0.1, -0.05) is 11.3 Å². The number of thiazole rings is 1. The minimum Gasteiger partial charge on any atom is -0.490 e. The largest absolute Gasteiger partial charge is 0.490 e. The van der Waals surface area contributed by atoms with Crippen molar-refractivity contribution in [2.75, 3.05) is 33.2 Å². The number of carbonyl (C=O) groups is 1. The van der Waals surface area contributed by atoms with Gasteiger partial charge in [-0.15, -0.1) is 0 Å². The van der Waals surface area contributed by atoms with Gasteiger partial charge < -0.3 is 18.8 Å². The molecular weight excluding hydrogens is 452 g/mol. The van der Waals surface area contributed by atoms with Crippen LogP contribution >= 0.6 is 11.3 Å². The number of hydrogen-bond acceptors (Lipinski definition) is 7. The van der Waals surface area contributed by atoms with E-state index in [1.165, 1.54) is 11.3 Å². The number of methoxy groups -OCH3 is 1. The van der Waals surface area contributed by atoms with Gasteiger partial charge in [0.2, 0.25) is 0 Å². The summed E-state index contributed by atoms with van der Waals surface area (Å²) in [6, 6.07) is 9.85. The number of rotatable bonds is 9. The number of nitrogens with zero attached hydrogens (tertiary/aromatic N) is 2. The summed E-state index contributed by atoms with van der Waals surface area (Å²) < 4.78 is 42.8. The Balaban J connectivity index is 2.09. The molecule has 172 valence electrons. The Kier molecular flexibility index (Phi) is 7.70. The number of benzene rings is 2. The molecule has 0 atom stereocenters. The van der Waals surface area contributed by atoms with Crippen LogP contribution in [-0.4, -0.2) is 52.1 Å². The van der Waals surface area contributed by atoms with Crippen LogP contribution in [0.1, 0.15) is 24.2 Å². The van der Waals surface area contributed by atoms with Crippen LogP contribution in [0.4, 0.5) is 0 Å². The molecule has 3 rings (SSSR count). The minimum atomic E-state index is -3.35. The van der Waals surface area contributed by atoms with E-state index in [-0.39, 0.29) is 4.90 Å². The number of hydrogen-bond donors (Lipinski definition) is 0. The molecule has 0 radical (unpaired) electrons. The van der Waals surface area contributed by atoms with Gasteiger partial charge in [0.05, 0.1) is 34.9 Å². The van der Waals surface area contributed by atoms with Crippen LogP contribution < -0.4 is 14.3 Å². The number of carbonyl (C=O) groups excluding carboxylic acids is 1. The van der Waals surface area contributed by atoms with E-state index in [1.54, 1.807) is 43.5 Å². The Labute approximate surface area is 191 Å². The summed E-state index contributed by atoms with van der Waals surface area (Å²) in [4.78, 5) is 18.0. The Hall–Kier alpha value is -2.69. The maximum Gasteiger partial charge on any atom is 0.279 e. The van der Waals surface area contributed by atoms with Gasteiger partial charge in [0, 0.05) is 25.5 Å². The quantitative estimate of drug-likeness (QED) is 0.468. The second-order valence-electron chi connectivity index (χ2n) is 6.88. The van der Waals surface area contributed by atoms with Gasteiger partial charge in [-0.2, -0.15) is 4.99 Å². The third-order valence-electron chi connectivity index (χ3n) is 4.59. The lowest BCUT2D eigenvalue weighted by Crippen LogP contribution is -2.19. The van der Waals surface area contributed by atoms with Crippen molar-refractivity contribution in [1.82, 2.24) is 4.57 Å².